The molecule has 1 aromatic rings. The van der Waals surface area contributed by atoms with Crippen LogP contribution >= 0.6 is 11.8 Å². The second-order valence-corrected chi connectivity index (χ2v) is 4.08. The van der Waals surface area contributed by atoms with E-state index >= 15 is 0 Å². The van der Waals surface area contributed by atoms with Crippen LogP contribution in [0.4, 0.5) is 0 Å². The third-order valence-corrected chi connectivity index (χ3v) is 2.96. The van der Waals surface area contributed by atoms with Crippen LogP contribution in [0.15, 0.2) is 36.9 Å². The van der Waals surface area contributed by atoms with Crippen LogP contribution in [0, 0.1) is 0 Å². The Bertz CT molecular complexity index is 266. The van der Waals surface area contributed by atoms with Gasteiger partial charge in [-0.3, -0.25) is 0 Å². The maximum atomic E-state index is 5.09. The minimum absolute atomic E-state index is 0.921. The van der Waals surface area contributed by atoms with E-state index in [-0.39, 0.29) is 0 Å². The number of methoxy groups -OCH3 is 1. The van der Waals surface area contributed by atoms with E-state index in [2.05, 4.69) is 18.7 Å². The smallest absolute Gasteiger partial charge is 0.118 e. The van der Waals surface area contributed by atoms with E-state index in [9.17, 15) is 0 Å². The lowest BCUT2D eigenvalue weighted by Gasteiger charge is -2.02. The van der Waals surface area contributed by atoms with Crippen LogP contribution in [0.25, 0.3) is 0 Å². The van der Waals surface area contributed by atoms with Gasteiger partial charge in [0.1, 0.15) is 5.75 Å². The molecule has 0 heterocycles. The van der Waals surface area contributed by atoms with Gasteiger partial charge in [0.05, 0.1) is 7.11 Å². The molecule has 0 saturated heterocycles. The third kappa shape index (κ3) is 3.88. The van der Waals surface area contributed by atoms with Crippen LogP contribution in [0.5, 0.6) is 5.75 Å². The minimum Gasteiger partial charge on any atom is -0.497 e. The fourth-order valence-corrected chi connectivity index (χ4v) is 1.98. The molecule has 0 spiro atoms. The highest BCUT2D eigenvalue weighted by Crippen LogP contribution is 2.16. The van der Waals surface area contributed by atoms with Crippen LogP contribution in [0.3, 0.4) is 0 Å². The van der Waals surface area contributed by atoms with Gasteiger partial charge in [-0.1, -0.05) is 18.2 Å². The molecule has 0 radical (unpaired) electrons. The summed E-state index contributed by atoms with van der Waals surface area (Å²) in [6.07, 6.45) is 3.04. The van der Waals surface area contributed by atoms with Crippen molar-refractivity contribution in [2.75, 3.05) is 12.9 Å². The standard InChI is InChI=1S/C12H16OS/c1-3-4-9-14-10-11-5-7-12(13-2)8-6-11/h3,5-8H,1,4,9-10H2,2H3. The van der Waals surface area contributed by atoms with Gasteiger partial charge in [-0.05, 0) is 29.9 Å². The lowest BCUT2D eigenvalue weighted by Crippen LogP contribution is -1.85. The third-order valence-electron chi connectivity index (χ3n) is 1.89. The van der Waals surface area contributed by atoms with Crippen LogP contribution in [-0.4, -0.2) is 12.9 Å². The number of hydrogen-bond donors (Lipinski definition) is 0. The van der Waals surface area contributed by atoms with E-state index in [1.807, 2.05) is 30.0 Å². The van der Waals surface area contributed by atoms with Gasteiger partial charge in [-0.2, -0.15) is 11.8 Å². The summed E-state index contributed by atoms with van der Waals surface area (Å²) in [5.74, 6) is 3.14. The van der Waals surface area contributed by atoms with E-state index in [4.69, 9.17) is 4.74 Å². The molecule has 1 aromatic carbocycles. The zero-order valence-electron chi connectivity index (χ0n) is 8.53. The van der Waals surface area contributed by atoms with E-state index in [1.165, 1.54) is 5.56 Å². The summed E-state index contributed by atoms with van der Waals surface area (Å²) in [6.45, 7) is 3.70. The fourth-order valence-electron chi connectivity index (χ4n) is 1.08. The van der Waals surface area contributed by atoms with Gasteiger partial charge in [0.2, 0.25) is 0 Å². The lowest BCUT2D eigenvalue weighted by molar-refractivity contribution is 0.414. The molecule has 76 valence electrons. The topological polar surface area (TPSA) is 9.23 Å². The zero-order valence-corrected chi connectivity index (χ0v) is 9.35. The van der Waals surface area contributed by atoms with Crippen molar-refractivity contribution in [2.45, 2.75) is 12.2 Å². The second-order valence-electron chi connectivity index (χ2n) is 2.98. The maximum absolute atomic E-state index is 5.09. The Morgan fingerprint density at radius 1 is 1.36 bits per heavy atom. The summed E-state index contributed by atoms with van der Waals surface area (Å²) in [4.78, 5) is 0. The van der Waals surface area contributed by atoms with Crippen molar-refractivity contribution in [3.63, 3.8) is 0 Å². The van der Waals surface area contributed by atoms with E-state index in [0.717, 1.165) is 23.7 Å². The van der Waals surface area contributed by atoms with Crippen LogP contribution < -0.4 is 4.74 Å². The molecule has 14 heavy (non-hydrogen) atoms. The summed E-state index contributed by atoms with van der Waals surface area (Å²) in [5.41, 5.74) is 1.35. The minimum atomic E-state index is 0.921. The molecule has 0 fully saturated rings. The molecule has 0 saturated carbocycles. The average molecular weight is 208 g/mol. The maximum Gasteiger partial charge on any atom is 0.118 e. The predicted molar refractivity (Wildman–Crippen MR) is 64.0 cm³/mol. The van der Waals surface area contributed by atoms with Crippen molar-refractivity contribution in [1.29, 1.82) is 0 Å². The average Bonchev–Trinajstić information content (AvgIpc) is 2.25. The number of rotatable bonds is 6. The Balaban J connectivity index is 2.32. The van der Waals surface area contributed by atoms with Crippen molar-refractivity contribution in [3.05, 3.63) is 42.5 Å². The molecule has 0 N–H and O–H groups in total. The van der Waals surface area contributed by atoms with E-state index in [0.29, 0.717) is 0 Å². The first-order valence-electron chi connectivity index (χ1n) is 4.68. The molecule has 0 atom stereocenters. The van der Waals surface area contributed by atoms with Crippen LogP contribution in [0.2, 0.25) is 0 Å². The Labute approximate surface area is 90.2 Å². The molecule has 0 aliphatic carbocycles. The molecule has 0 aromatic heterocycles. The molecule has 0 unspecified atom stereocenters. The highest BCUT2D eigenvalue weighted by atomic mass is 32.2. The molecule has 0 amide bonds. The predicted octanol–water partition coefficient (Wildman–Crippen LogP) is 3.50. The first kappa shape index (κ1) is 11.2. The van der Waals surface area contributed by atoms with Crippen molar-refractivity contribution in [1.82, 2.24) is 0 Å². The quantitative estimate of drug-likeness (QED) is 0.522. The molecule has 1 nitrogen and oxygen atoms in total. The summed E-state index contributed by atoms with van der Waals surface area (Å²) in [7, 11) is 1.69. The largest absolute Gasteiger partial charge is 0.497 e. The second kappa shape index (κ2) is 6.55. The van der Waals surface area contributed by atoms with Gasteiger partial charge in [0, 0.05) is 5.75 Å². The summed E-state index contributed by atoms with van der Waals surface area (Å²) < 4.78 is 5.09. The molecular weight excluding hydrogens is 192 g/mol. The van der Waals surface area contributed by atoms with Crippen molar-refractivity contribution in [3.8, 4) is 5.75 Å². The van der Waals surface area contributed by atoms with E-state index in [1.54, 1.807) is 7.11 Å². The molecular formula is C12H16OS. The SMILES string of the molecule is C=CCCSCc1ccc(OC)cc1. The number of benzene rings is 1. The Kier molecular flexibility index (Phi) is 5.23. The monoisotopic (exact) mass is 208 g/mol. The van der Waals surface area contributed by atoms with E-state index < -0.39 is 0 Å². The number of allylic oxidation sites excluding steroid dienone is 1. The van der Waals surface area contributed by atoms with Gasteiger partial charge in [-0.15, -0.1) is 6.58 Å². The first-order valence-corrected chi connectivity index (χ1v) is 5.84. The molecule has 0 aliphatic rings. The number of ether oxygens (including phenoxy) is 1. The van der Waals surface area contributed by atoms with Crippen molar-refractivity contribution < 1.29 is 4.74 Å². The van der Waals surface area contributed by atoms with Gasteiger partial charge < -0.3 is 4.74 Å². The van der Waals surface area contributed by atoms with Gasteiger partial charge in [0.25, 0.3) is 0 Å². The summed E-state index contributed by atoms with van der Waals surface area (Å²) in [5, 5.41) is 0. The normalized spacial score (nSPS) is 9.79. The molecule has 2 heteroatoms. The fraction of sp³-hybridized carbons (Fsp3) is 0.333. The van der Waals surface area contributed by atoms with Crippen LogP contribution in [0.1, 0.15) is 12.0 Å². The molecule has 1 rings (SSSR count). The summed E-state index contributed by atoms with van der Waals surface area (Å²) >= 11 is 1.93. The van der Waals surface area contributed by atoms with Gasteiger partial charge >= 0.3 is 0 Å². The Hall–Kier alpha value is -0.890. The summed E-state index contributed by atoms with van der Waals surface area (Å²) in [6, 6.07) is 8.23. The van der Waals surface area contributed by atoms with Crippen molar-refractivity contribution in [2.24, 2.45) is 0 Å². The van der Waals surface area contributed by atoms with Gasteiger partial charge in [0.15, 0.2) is 0 Å². The zero-order chi connectivity index (χ0) is 10.2. The highest BCUT2D eigenvalue weighted by Gasteiger charge is 1.94. The highest BCUT2D eigenvalue weighted by molar-refractivity contribution is 7.98. The lowest BCUT2D eigenvalue weighted by atomic mass is 10.2. The molecule has 0 aliphatic heterocycles. The van der Waals surface area contributed by atoms with Crippen molar-refractivity contribution >= 4 is 11.8 Å². The number of thioether (sulfide) groups is 1. The van der Waals surface area contributed by atoms with Gasteiger partial charge in [-0.25, -0.2) is 0 Å². The Morgan fingerprint density at radius 3 is 2.64 bits per heavy atom. The first-order chi connectivity index (χ1) is 6.86. The molecule has 0 bridgehead atoms. The Morgan fingerprint density at radius 2 is 2.07 bits per heavy atom. The number of hydrogen-bond acceptors (Lipinski definition) is 2. The van der Waals surface area contributed by atoms with Crippen LogP contribution in [-0.2, 0) is 5.75 Å².